The van der Waals surface area contributed by atoms with Gasteiger partial charge in [0.2, 0.25) is 0 Å². The lowest BCUT2D eigenvalue weighted by molar-refractivity contribution is 0.0957. The lowest BCUT2D eigenvalue weighted by atomic mass is 10.3. The van der Waals surface area contributed by atoms with Gasteiger partial charge in [-0.2, -0.15) is 0 Å². The van der Waals surface area contributed by atoms with E-state index in [-0.39, 0.29) is 23.9 Å². The van der Waals surface area contributed by atoms with Crippen molar-refractivity contribution in [3.63, 3.8) is 0 Å². The fraction of sp³-hybridized carbons (Fsp3) is 0. The summed E-state index contributed by atoms with van der Waals surface area (Å²) < 4.78 is 15.8. The third kappa shape index (κ3) is 2.94. The van der Waals surface area contributed by atoms with E-state index in [1.54, 1.807) is 34.9 Å². The van der Waals surface area contributed by atoms with Gasteiger partial charge in [-0.25, -0.2) is 14.4 Å². The summed E-state index contributed by atoms with van der Waals surface area (Å²) in [6.45, 7) is 0. The van der Waals surface area contributed by atoms with E-state index in [2.05, 4.69) is 25.8 Å². The number of hydrogen-bond donors (Lipinski definition) is 2. The zero-order chi connectivity index (χ0) is 16.5. The number of hydrazine groups is 1. The smallest absolute Gasteiger partial charge is 0.289 e. The van der Waals surface area contributed by atoms with Crippen molar-refractivity contribution in [2.24, 2.45) is 0 Å². The van der Waals surface area contributed by atoms with Gasteiger partial charge in [-0.3, -0.25) is 20.6 Å². The number of rotatable bonds is 3. The topological polar surface area (TPSA) is 84.2 Å². The van der Waals surface area contributed by atoms with Crippen molar-refractivity contribution >= 4 is 40.7 Å². The van der Waals surface area contributed by atoms with Crippen molar-refractivity contribution in [2.45, 2.75) is 0 Å². The molecule has 0 aliphatic carbocycles. The van der Waals surface area contributed by atoms with Gasteiger partial charge in [0, 0.05) is 18.6 Å². The monoisotopic (exact) mass is 358 g/mol. The van der Waals surface area contributed by atoms with E-state index in [0.717, 1.165) is 0 Å². The third-order valence-electron chi connectivity index (χ3n) is 3.52. The normalized spacial score (nSPS) is 10.4. The number of para-hydroxylation sites is 1. The molecule has 7 nitrogen and oxygen atoms in total. The van der Waals surface area contributed by atoms with Crippen LogP contribution in [0.2, 0.25) is 0 Å². The van der Waals surface area contributed by atoms with Crippen LogP contribution in [0.5, 0.6) is 0 Å². The van der Waals surface area contributed by atoms with Gasteiger partial charge in [-0.1, -0.05) is 6.07 Å². The minimum Gasteiger partial charge on any atom is -0.309 e. The van der Waals surface area contributed by atoms with Crippen LogP contribution in [0, 0.1) is 5.82 Å². The summed E-state index contributed by atoms with van der Waals surface area (Å²) in [5.74, 6) is -0.416. The van der Waals surface area contributed by atoms with Crippen molar-refractivity contribution in [3.8, 4) is 0 Å². The molecule has 0 radical (unpaired) electrons. The SMILES string of the molecule is Cl.O=C(NNc1nc2cccc(F)c2n2cccc12)c1cnccn1. The summed E-state index contributed by atoms with van der Waals surface area (Å²) in [5.41, 5.74) is 6.92. The van der Waals surface area contributed by atoms with Crippen molar-refractivity contribution in [1.29, 1.82) is 0 Å². The fourth-order valence-corrected chi connectivity index (χ4v) is 2.47. The van der Waals surface area contributed by atoms with Crippen LogP contribution in [0.3, 0.4) is 0 Å². The average molecular weight is 359 g/mol. The number of benzene rings is 1. The highest BCUT2D eigenvalue weighted by Gasteiger charge is 2.12. The van der Waals surface area contributed by atoms with Crippen molar-refractivity contribution in [1.82, 2.24) is 24.8 Å². The van der Waals surface area contributed by atoms with Crippen LogP contribution in [-0.4, -0.2) is 25.3 Å². The van der Waals surface area contributed by atoms with Gasteiger partial charge in [0.1, 0.15) is 17.0 Å². The molecule has 1 amide bonds. The maximum Gasteiger partial charge on any atom is 0.289 e. The number of anilines is 1. The van der Waals surface area contributed by atoms with E-state index >= 15 is 0 Å². The summed E-state index contributed by atoms with van der Waals surface area (Å²) in [4.78, 5) is 24.2. The fourth-order valence-electron chi connectivity index (χ4n) is 2.47. The highest BCUT2D eigenvalue weighted by atomic mass is 35.5. The zero-order valence-electron chi connectivity index (χ0n) is 12.7. The summed E-state index contributed by atoms with van der Waals surface area (Å²) in [6, 6.07) is 8.22. The molecule has 0 atom stereocenters. The van der Waals surface area contributed by atoms with Gasteiger partial charge < -0.3 is 4.40 Å². The largest absolute Gasteiger partial charge is 0.309 e. The van der Waals surface area contributed by atoms with Gasteiger partial charge in [0.15, 0.2) is 5.82 Å². The Morgan fingerprint density at radius 1 is 1.16 bits per heavy atom. The predicted molar refractivity (Wildman–Crippen MR) is 93.0 cm³/mol. The Kier molecular flexibility index (Phi) is 4.44. The molecule has 4 aromatic rings. The molecule has 0 aliphatic rings. The van der Waals surface area contributed by atoms with E-state index in [4.69, 9.17) is 0 Å². The molecule has 0 bridgehead atoms. The maximum absolute atomic E-state index is 14.1. The summed E-state index contributed by atoms with van der Waals surface area (Å²) in [7, 11) is 0. The van der Waals surface area contributed by atoms with E-state index in [9.17, 15) is 9.18 Å². The second-order valence-electron chi connectivity index (χ2n) is 5.00. The summed E-state index contributed by atoms with van der Waals surface area (Å²) in [5, 5.41) is 0. The van der Waals surface area contributed by atoms with Crippen molar-refractivity contribution < 1.29 is 9.18 Å². The van der Waals surface area contributed by atoms with Crippen LogP contribution >= 0.6 is 12.4 Å². The molecule has 3 aromatic heterocycles. The molecule has 1 aromatic carbocycles. The lowest BCUT2D eigenvalue weighted by Gasteiger charge is -2.11. The standard InChI is InChI=1S/C16H11FN6O.ClH/c17-10-3-1-4-11-14(10)23-8-2-5-13(23)15(20-11)21-22-16(24)12-9-18-6-7-19-12;/h1-9H,(H,20,21)(H,22,24);1H. The first kappa shape index (κ1) is 16.6. The predicted octanol–water partition coefficient (Wildman–Crippen LogP) is 2.60. The molecule has 0 saturated carbocycles. The molecule has 0 fully saturated rings. The average Bonchev–Trinajstić information content (AvgIpc) is 3.10. The van der Waals surface area contributed by atoms with Crippen LogP contribution in [-0.2, 0) is 0 Å². The Morgan fingerprint density at radius 3 is 2.84 bits per heavy atom. The van der Waals surface area contributed by atoms with Crippen LogP contribution in [0.4, 0.5) is 10.2 Å². The Bertz CT molecular complexity index is 1050. The third-order valence-corrected chi connectivity index (χ3v) is 3.52. The number of hydrogen-bond acceptors (Lipinski definition) is 5. The van der Waals surface area contributed by atoms with Crippen LogP contribution in [0.25, 0.3) is 16.6 Å². The maximum atomic E-state index is 14.1. The molecule has 126 valence electrons. The minimum atomic E-state index is -0.450. The first-order chi connectivity index (χ1) is 11.7. The van der Waals surface area contributed by atoms with Gasteiger partial charge >= 0.3 is 0 Å². The highest BCUT2D eigenvalue weighted by Crippen LogP contribution is 2.23. The number of nitrogens with one attached hydrogen (secondary N) is 2. The minimum absolute atomic E-state index is 0. The second-order valence-corrected chi connectivity index (χ2v) is 5.00. The Hall–Kier alpha value is -3.26. The molecule has 9 heteroatoms. The molecule has 0 spiro atoms. The van der Waals surface area contributed by atoms with Crippen molar-refractivity contribution in [3.05, 3.63) is 66.6 Å². The van der Waals surface area contributed by atoms with E-state index < -0.39 is 5.91 Å². The van der Waals surface area contributed by atoms with E-state index in [0.29, 0.717) is 22.4 Å². The first-order valence-corrected chi connectivity index (χ1v) is 7.12. The Balaban J connectivity index is 0.00000182. The van der Waals surface area contributed by atoms with Crippen LogP contribution in [0.15, 0.2) is 55.1 Å². The molecule has 0 saturated heterocycles. The molecule has 0 aliphatic heterocycles. The van der Waals surface area contributed by atoms with Crippen LogP contribution < -0.4 is 10.9 Å². The molecule has 4 rings (SSSR count). The Morgan fingerprint density at radius 2 is 2.04 bits per heavy atom. The van der Waals surface area contributed by atoms with Crippen molar-refractivity contribution in [2.75, 3.05) is 5.43 Å². The number of aromatic nitrogens is 4. The molecular formula is C16H12ClFN6O. The quantitative estimate of drug-likeness (QED) is 0.550. The number of amides is 1. The number of nitrogens with zero attached hydrogens (tertiary/aromatic N) is 4. The molecule has 0 unspecified atom stereocenters. The number of carbonyl (C=O) groups is 1. The summed E-state index contributed by atoms with van der Waals surface area (Å²) >= 11 is 0. The number of fused-ring (bicyclic) bond motifs is 3. The van der Waals surface area contributed by atoms with E-state index in [1.807, 2.05) is 0 Å². The molecule has 25 heavy (non-hydrogen) atoms. The van der Waals surface area contributed by atoms with E-state index in [1.165, 1.54) is 24.7 Å². The highest BCUT2D eigenvalue weighted by molar-refractivity contribution is 5.93. The zero-order valence-corrected chi connectivity index (χ0v) is 13.5. The van der Waals surface area contributed by atoms with Gasteiger partial charge in [-0.15, -0.1) is 12.4 Å². The lowest BCUT2D eigenvalue weighted by Crippen LogP contribution is -2.30. The number of halogens is 2. The summed E-state index contributed by atoms with van der Waals surface area (Å²) in [6.07, 6.45) is 6.00. The van der Waals surface area contributed by atoms with Gasteiger partial charge in [-0.05, 0) is 24.3 Å². The first-order valence-electron chi connectivity index (χ1n) is 7.12. The second kappa shape index (κ2) is 6.70. The Labute approximate surface area is 147 Å². The molecule has 3 heterocycles. The van der Waals surface area contributed by atoms with Gasteiger partial charge in [0.25, 0.3) is 5.91 Å². The van der Waals surface area contributed by atoms with Gasteiger partial charge in [0.05, 0.1) is 17.2 Å². The number of carbonyl (C=O) groups excluding carboxylic acids is 1. The molecular weight excluding hydrogens is 347 g/mol. The van der Waals surface area contributed by atoms with Crippen LogP contribution in [0.1, 0.15) is 10.5 Å². The molecule has 2 N–H and O–H groups in total.